The summed E-state index contributed by atoms with van der Waals surface area (Å²) in [4.78, 5) is 2.13. The Morgan fingerprint density at radius 1 is 0.369 bits per heavy atom. The maximum atomic E-state index is 6.69. The summed E-state index contributed by atoms with van der Waals surface area (Å²) >= 11 is 2.44. The Bertz CT molecular complexity index is 1620. The number of rotatable bonds is 41. The van der Waals surface area contributed by atoms with Gasteiger partial charge in [0.1, 0.15) is 0 Å². The van der Waals surface area contributed by atoms with Gasteiger partial charge in [0.2, 0.25) is 5.75 Å². The molecule has 3 rings (SSSR count). The van der Waals surface area contributed by atoms with Crippen molar-refractivity contribution in [3.8, 4) is 17.2 Å². The van der Waals surface area contributed by atoms with Gasteiger partial charge in [0, 0.05) is 23.4 Å². The van der Waals surface area contributed by atoms with Crippen molar-refractivity contribution < 1.29 is 14.2 Å². The van der Waals surface area contributed by atoms with Gasteiger partial charge in [-0.1, -0.05) is 231 Å². The first-order valence-corrected chi connectivity index (χ1v) is 28.0. The van der Waals surface area contributed by atoms with E-state index in [2.05, 4.69) is 141 Å². The van der Waals surface area contributed by atoms with Crippen LogP contribution < -0.4 is 19.1 Å². The number of ether oxygens (including phenoxy) is 3. The molecule has 0 N–H and O–H groups in total. The van der Waals surface area contributed by atoms with Crippen LogP contribution in [0.5, 0.6) is 17.2 Å². The zero-order valence-corrected chi connectivity index (χ0v) is 44.5. The highest BCUT2D eigenvalue weighted by atomic mass is 127. The zero-order chi connectivity index (χ0) is 46.4. The summed E-state index contributed by atoms with van der Waals surface area (Å²) in [7, 11) is 4.16. The lowest BCUT2D eigenvalue weighted by Gasteiger charge is -2.18. The van der Waals surface area contributed by atoms with Crippen molar-refractivity contribution in [1.29, 1.82) is 0 Å². The molecule has 0 unspecified atom stereocenters. The quantitative estimate of drug-likeness (QED) is 0.0322. The van der Waals surface area contributed by atoms with E-state index in [4.69, 9.17) is 14.2 Å². The van der Waals surface area contributed by atoms with Crippen LogP contribution in [0.2, 0.25) is 0 Å². The Morgan fingerprint density at radius 3 is 1.03 bits per heavy atom. The molecule has 3 aromatic carbocycles. The second-order valence-electron chi connectivity index (χ2n) is 18.9. The van der Waals surface area contributed by atoms with Crippen molar-refractivity contribution in [2.75, 3.05) is 38.8 Å². The second-order valence-corrected chi connectivity index (χ2v) is 20.2. The van der Waals surface area contributed by atoms with Crippen LogP contribution in [0, 0.1) is 3.57 Å². The summed E-state index contributed by atoms with van der Waals surface area (Å²) in [6, 6.07) is 19.8. The largest absolute Gasteiger partial charge is 0.490 e. The van der Waals surface area contributed by atoms with Gasteiger partial charge in [0.05, 0.1) is 19.8 Å². The number of nitrogens with zero attached hydrogens (tertiary/aromatic N) is 1. The van der Waals surface area contributed by atoms with E-state index in [9.17, 15) is 0 Å². The molecule has 0 radical (unpaired) electrons. The number of halogens is 1. The Morgan fingerprint density at radius 2 is 0.677 bits per heavy atom. The molecule has 364 valence electrons. The van der Waals surface area contributed by atoms with Crippen LogP contribution in [0.25, 0.3) is 24.3 Å². The first-order chi connectivity index (χ1) is 31.9. The summed E-state index contributed by atoms with van der Waals surface area (Å²) in [5.74, 6) is 2.43. The summed E-state index contributed by atoms with van der Waals surface area (Å²) < 4.78 is 21.3. The third-order valence-corrected chi connectivity index (χ3v) is 13.2. The van der Waals surface area contributed by atoms with Crippen LogP contribution in [0.4, 0.5) is 5.69 Å². The molecule has 5 heteroatoms. The maximum absolute atomic E-state index is 6.69. The lowest BCUT2D eigenvalue weighted by molar-refractivity contribution is 0.234. The van der Waals surface area contributed by atoms with Gasteiger partial charge in [0.15, 0.2) is 11.5 Å². The van der Waals surface area contributed by atoms with E-state index in [1.54, 1.807) is 0 Å². The van der Waals surface area contributed by atoms with Gasteiger partial charge in [0.25, 0.3) is 0 Å². The molecule has 0 heterocycles. The first kappa shape index (κ1) is 56.4. The number of hydrogen-bond donors (Lipinski definition) is 0. The highest BCUT2D eigenvalue weighted by Crippen LogP contribution is 2.40. The lowest BCUT2D eigenvalue weighted by atomic mass is 10.1. The van der Waals surface area contributed by atoms with Gasteiger partial charge in [-0.15, -0.1) is 0 Å². The van der Waals surface area contributed by atoms with Crippen LogP contribution in [-0.2, 0) is 0 Å². The highest BCUT2D eigenvalue weighted by Gasteiger charge is 2.16. The molecule has 65 heavy (non-hydrogen) atoms. The Kier molecular flexibility index (Phi) is 33.0. The minimum atomic E-state index is 0.688. The van der Waals surface area contributed by atoms with E-state index in [-0.39, 0.29) is 0 Å². The van der Waals surface area contributed by atoms with E-state index in [1.807, 2.05) is 0 Å². The van der Waals surface area contributed by atoms with Crippen LogP contribution in [0.3, 0.4) is 0 Å². The van der Waals surface area contributed by atoms with Crippen molar-refractivity contribution in [3.63, 3.8) is 0 Å². The highest BCUT2D eigenvalue weighted by molar-refractivity contribution is 14.1. The van der Waals surface area contributed by atoms with E-state index in [1.165, 1.54) is 199 Å². The smallest absolute Gasteiger partial charge is 0.203 e. The molecule has 0 spiro atoms. The van der Waals surface area contributed by atoms with Gasteiger partial charge in [-0.05, 0) is 107 Å². The minimum Gasteiger partial charge on any atom is -0.490 e. The van der Waals surface area contributed by atoms with Crippen LogP contribution in [0.15, 0.2) is 54.6 Å². The van der Waals surface area contributed by atoms with Gasteiger partial charge in [-0.25, -0.2) is 0 Å². The molecule has 0 saturated heterocycles. The summed E-state index contributed by atoms with van der Waals surface area (Å²) in [6.45, 7) is 8.96. The van der Waals surface area contributed by atoms with Crippen molar-refractivity contribution in [2.24, 2.45) is 0 Å². The number of hydrogen-bond acceptors (Lipinski definition) is 4. The number of unbranched alkanes of at least 4 members (excludes halogenated alkanes) is 27. The SMILES string of the molecule is CCCCCCCCCCCCOc1cc(/C=C/c2cc(I)cc(/C=C/c3ccc(N(C)C)cc3)c2)cc(OCCCCCCCCCCCC)c1OCCCCCCCCCCCC. The molecular formula is C60H94INO3. The first-order valence-electron chi connectivity index (χ1n) is 26.9. The van der Waals surface area contributed by atoms with Crippen LogP contribution in [-0.4, -0.2) is 33.9 Å². The molecule has 4 nitrogen and oxygen atoms in total. The van der Waals surface area contributed by atoms with Gasteiger partial charge in [-0.3, -0.25) is 0 Å². The topological polar surface area (TPSA) is 30.9 Å². The molecule has 0 saturated carbocycles. The van der Waals surface area contributed by atoms with Gasteiger partial charge < -0.3 is 19.1 Å². The normalized spacial score (nSPS) is 11.6. The second kappa shape index (κ2) is 38.1. The lowest BCUT2D eigenvalue weighted by Crippen LogP contribution is -2.07. The Labute approximate surface area is 414 Å². The number of benzene rings is 3. The average Bonchev–Trinajstić information content (AvgIpc) is 3.30. The zero-order valence-electron chi connectivity index (χ0n) is 42.4. The standard InChI is InChI=1S/C60H94INO3/c1-6-9-12-15-18-21-24-27-30-33-44-63-58-50-55(39-38-54-47-53(48-56(61)49-54)37-36-52-40-42-57(43-41-52)62(4)5)51-59(64-45-34-31-28-25-22-19-16-13-10-7-2)60(58)65-46-35-32-29-26-23-20-17-14-11-8-3/h36-43,47-51H,6-35,44-46H2,1-5H3/b37-36+,39-38+. The van der Waals surface area contributed by atoms with E-state index in [0.29, 0.717) is 19.8 Å². The predicted octanol–water partition coefficient (Wildman–Crippen LogP) is 19.6. The molecule has 0 aliphatic rings. The molecule has 0 aliphatic heterocycles. The molecular weight excluding hydrogens is 910 g/mol. The van der Waals surface area contributed by atoms with Crippen molar-refractivity contribution in [2.45, 2.75) is 213 Å². The Hall–Kier alpha value is -2.93. The molecule has 0 bridgehead atoms. The third kappa shape index (κ3) is 27.5. The van der Waals surface area contributed by atoms with Gasteiger partial charge in [-0.2, -0.15) is 0 Å². The molecule has 0 fully saturated rings. The monoisotopic (exact) mass is 1000 g/mol. The van der Waals surface area contributed by atoms with Crippen LogP contribution >= 0.6 is 22.6 Å². The van der Waals surface area contributed by atoms with Gasteiger partial charge >= 0.3 is 0 Å². The molecule has 0 amide bonds. The summed E-state index contributed by atoms with van der Waals surface area (Å²) in [5.41, 5.74) is 5.82. The molecule has 0 aliphatic carbocycles. The summed E-state index contributed by atoms with van der Waals surface area (Å²) in [5, 5.41) is 0. The predicted molar refractivity (Wildman–Crippen MR) is 296 cm³/mol. The maximum Gasteiger partial charge on any atom is 0.203 e. The summed E-state index contributed by atoms with van der Waals surface area (Å²) in [6.07, 6.45) is 48.1. The average molecular weight is 1000 g/mol. The molecule has 0 atom stereocenters. The fourth-order valence-corrected chi connectivity index (χ4v) is 9.17. The van der Waals surface area contributed by atoms with E-state index < -0.39 is 0 Å². The van der Waals surface area contributed by atoms with E-state index >= 15 is 0 Å². The van der Waals surface area contributed by atoms with Crippen molar-refractivity contribution in [3.05, 3.63) is 80.4 Å². The fraction of sp³-hybridized carbons (Fsp3) is 0.633. The fourth-order valence-electron chi connectivity index (χ4n) is 8.45. The van der Waals surface area contributed by atoms with E-state index in [0.717, 1.165) is 42.1 Å². The molecule has 0 aromatic heterocycles. The Balaban J connectivity index is 1.74. The number of anilines is 1. The minimum absolute atomic E-state index is 0.688. The van der Waals surface area contributed by atoms with Crippen LogP contribution in [0.1, 0.15) is 236 Å². The molecule has 3 aromatic rings. The van der Waals surface area contributed by atoms with Crippen molar-refractivity contribution in [1.82, 2.24) is 0 Å². The third-order valence-electron chi connectivity index (χ3n) is 12.6. The van der Waals surface area contributed by atoms with Crippen molar-refractivity contribution >= 4 is 52.6 Å².